The predicted molar refractivity (Wildman–Crippen MR) is 91.9 cm³/mol. The number of nitrogens with zero attached hydrogens (tertiary/aromatic N) is 3. The third-order valence-electron chi connectivity index (χ3n) is 4.40. The van der Waals surface area contributed by atoms with E-state index in [1.165, 1.54) is 0 Å². The lowest BCUT2D eigenvalue weighted by Gasteiger charge is -2.06. The largest absolute Gasteiger partial charge is 0.450 e. The molecule has 126 valence electrons. The predicted octanol–water partition coefficient (Wildman–Crippen LogP) is 3.29. The van der Waals surface area contributed by atoms with Gasteiger partial charge < -0.3 is 14.3 Å². The van der Waals surface area contributed by atoms with E-state index < -0.39 is 0 Å². The van der Waals surface area contributed by atoms with Crippen LogP contribution in [-0.2, 0) is 13.1 Å². The van der Waals surface area contributed by atoms with Crippen molar-refractivity contribution in [3.8, 4) is 0 Å². The van der Waals surface area contributed by atoms with Crippen LogP contribution in [-0.4, -0.2) is 20.7 Å². The molecule has 24 heavy (non-hydrogen) atoms. The molecule has 0 aliphatic heterocycles. The van der Waals surface area contributed by atoms with Gasteiger partial charge in [0.25, 0.3) is 5.91 Å². The van der Waals surface area contributed by atoms with Gasteiger partial charge in [-0.25, -0.2) is 0 Å². The molecule has 2 aromatic heterocycles. The number of rotatable bonds is 5. The van der Waals surface area contributed by atoms with Crippen LogP contribution in [0.25, 0.3) is 11.0 Å². The minimum absolute atomic E-state index is 0.230. The van der Waals surface area contributed by atoms with Crippen LogP contribution in [0.1, 0.15) is 46.4 Å². The van der Waals surface area contributed by atoms with Gasteiger partial charge in [-0.3, -0.25) is 4.79 Å². The van der Waals surface area contributed by atoms with Crippen molar-refractivity contribution in [1.29, 1.82) is 0 Å². The lowest BCUT2D eigenvalue weighted by atomic mass is 10.0. The van der Waals surface area contributed by atoms with E-state index in [1.807, 2.05) is 31.4 Å². The molecule has 0 fully saturated rings. The highest BCUT2D eigenvalue weighted by Gasteiger charge is 2.19. The van der Waals surface area contributed by atoms with Crippen LogP contribution >= 0.6 is 0 Å². The second kappa shape index (κ2) is 6.47. The number of nitrogens with one attached hydrogen (secondary N) is 1. The molecule has 2 heterocycles. The van der Waals surface area contributed by atoms with Crippen LogP contribution in [0.2, 0.25) is 0 Å². The Balaban J connectivity index is 1.83. The normalized spacial score (nSPS) is 11.2. The zero-order valence-corrected chi connectivity index (χ0v) is 14.5. The Morgan fingerprint density at radius 3 is 2.79 bits per heavy atom. The van der Waals surface area contributed by atoms with Crippen LogP contribution in [0.4, 0.5) is 0 Å². The van der Waals surface area contributed by atoms with E-state index in [9.17, 15) is 4.79 Å². The van der Waals surface area contributed by atoms with Gasteiger partial charge in [-0.15, -0.1) is 10.2 Å². The number of carbonyl (C=O) groups is 1. The summed E-state index contributed by atoms with van der Waals surface area (Å²) in [5, 5.41) is 11.8. The molecular formula is C18H22N4O2. The number of fused-ring (bicyclic) bond motifs is 1. The van der Waals surface area contributed by atoms with Crippen molar-refractivity contribution < 1.29 is 9.21 Å². The Bertz CT molecular complexity index is 892. The lowest BCUT2D eigenvalue weighted by molar-refractivity contribution is 0.0923. The van der Waals surface area contributed by atoms with Crippen LogP contribution in [0.15, 0.2) is 22.9 Å². The molecule has 3 rings (SSSR count). The van der Waals surface area contributed by atoms with E-state index in [-0.39, 0.29) is 5.91 Å². The summed E-state index contributed by atoms with van der Waals surface area (Å²) in [6.45, 7) is 9.20. The first kappa shape index (κ1) is 16.2. The summed E-state index contributed by atoms with van der Waals surface area (Å²) in [7, 11) is 0. The zero-order valence-electron chi connectivity index (χ0n) is 14.5. The Morgan fingerprint density at radius 2 is 2.04 bits per heavy atom. The van der Waals surface area contributed by atoms with Gasteiger partial charge >= 0.3 is 0 Å². The number of benzene rings is 1. The van der Waals surface area contributed by atoms with Crippen LogP contribution in [0, 0.1) is 20.8 Å². The quantitative estimate of drug-likeness (QED) is 0.781. The van der Waals surface area contributed by atoms with Crippen molar-refractivity contribution in [2.45, 2.75) is 47.2 Å². The number of hydrogen-bond acceptors (Lipinski definition) is 4. The first-order valence-electron chi connectivity index (χ1n) is 8.17. The maximum absolute atomic E-state index is 12.5. The van der Waals surface area contributed by atoms with E-state index >= 15 is 0 Å². The maximum atomic E-state index is 12.5. The van der Waals surface area contributed by atoms with Crippen molar-refractivity contribution in [1.82, 2.24) is 20.1 Å². The number of amides is 1. The van der Waals surface area contributed by atoms with Gasteiger partial charge in [0, 0.05) is 17.5 Å². The fourth-order valence-electron chi connectivity index (χ4n) is 2.82. The molecule has 1 N–H and O–H groups in total. The third kappa shape index (κ3) is 2.79. The molecule has 6 nitrogen and oxygen atoms in total. The topological polar surface area (TPSA) is 73.0 Å². The van der Waals surface area contributed by atoms with Crippen molar-refractivity contribution in [3.05, 3.63) is 46.7 Å². The molecule has 0 aliphatic carbocycles. The van der Waals surface area contributed by atoms with Crippen LogP contribution in [0.5, 0.6) is 0 Å². The second-order valence-electron chi connectivity index (χ2n) is 6.06. The molecule has 0 unspecified atom stereocenters. The van der Waals surface area contributed by atoms with Crippen LogP contribution < -0.4 is 5.32 Å². The molecule has 0 aliphatic rings. The number of furan rings is 1. The molecule has 0 saturated carbocycles. The molecule has 0 atom stereocenters. The number of aryl methyl sites for hydroxylation is 4. The minimum atomic E-state index is -0.230. The van der Waals surface area contributed by atoms with Crippen molar-refractivity contribution in [2.24, 2.45) is 0 Å². The van der Waals surface area contributed by atoms with E-state index in [2.05, 4.69) is 28.5 Å². The van der Waals surface area contributed by atoms with E-state index in [0.29, 0.717) is 12.3 Å². The summed E-state index contributed by atoms with van der Waals surface area (Å²) in [5.74, 6) is 0.873. The fraction of sp³-hybridized carbons (Fsp3) is 0.389. The van der Waals surface area contributed by atoms with E-state index in [0.717, 1.165) is 46.4 Å². The molecule has 0 spiro atoms. The summed E-state index contributed by atoms with van der Waals surface area (Å²) in [4.78, 5) is 12.5. The standard InChI is InChI=1S/C18H22N4O2/c1-5-8-22-10-20-21-15(22)9-19-18(23)17-13(4)14-7-6-11(2)12(3)16(14)24-17/h6-7,10H,5,8-9H2,1-4H3,(H,19,23). The molecule has 0 radical (unpaired) electrons. The first-order valence-corrected chi connectivity index (χ1v) is 8.17. The van der Waals surface area contributed by atoms with Crippen molar-refractivity contribution in [2.75, 3.05) is 0 Å². The van der Waals surface area contributed by atoms with Gasteiger partial charge in [0.15, 0.2) is 11.6 Å². The second-order valence-corrected chi connectivity index (χ2v) is 6.06. The summed E-state index contributed by atoms with van der Waals surface area (Å²) < 4.78 is 7.81. The van der Waals surface area contributed by atoms with Gasteiger partial charge in [0.2, 0.25) is 0 Å². The van der Waals surface area contributed by atoms with E-state index in [4.69, 9.17) is 4.42 Å². The summed E-state index contributed by atoms with van der Waals surface area (Å²) in [6.07, 6.45) is 2.67. The summed E-state index contributed by atoms with van der Waals surface area (Å²) >= 11 is 0. The van der Waals surface area contributed by atoms with Crippen LogP contribution in [0.3, 0.4) is 0 Å². The highest BCUT2D eigenvalue weighted by atomic mass is 16.3. The highest BCUT2D eigenvalue weighted by Crippen LogP contribution is 2.29. The monoisotopic (exact) mass is 326 g/mol. The zero-order chi connectivity index (χ0) is 17.3. The fourth-order valence-corrected chi connectivity index (χ4v) is 2.82. The molecular weight excluding hydrogens is 304 g/mol. The Labute approximate surface area is 140 Å². The summed E-state index contributed by atoms with van der Waals surface area (Å²) in [5.41, 5.74) is 3.86. The summed E-state index contributed by atoms with van der Waals surface area (Å²) in [6, 6.07) is 4.06. The molecule has 1 amide bonds. The molecule has 0 saturated heterocycles. The minimum Gasteiger partial charge on any atom is -0.450 e. The molecule has 3 aromatic rings. The Hall–Kier alpha value is -2.63. The van der Waals surface area contributed by atoms with E-state index in [1.54, 1.807) is 6.33 Å². The number of hydrogen-bond donors (Lipinski definition) is 1. The highest BCUT2D eigenvalue weighted by molar-refractivity contribution is 5.99. The first-order chi connectivity index (χ1) is 11.5. The molecule has 1 aromatic carbocycles. The van der Waals surface area contributed by atoms with Gasteiger partial charge in [0.05, 0.1) is 6.54 Å². The number of aromatic nitrogens is 3. The van der Waals surface area contributed by atoms with Gasteiger partial charge in [-0.1, -0.05) is 19.1 Å². The Kier molecular flexibility index (Phi) is 4.38. The SMILES string of the molecule is CCCn1cnnc1CNC(=O)c1oc2c(C)c(C)ccc2c1C. The number of carbonyl (C=O) groups excluding carboxylic acids is 1. The maximum Gasteiger partial charge on any atom is 0.287 e. The van der Waals surface area contributed by atoms with Crippen molar-refractivity contribution >= 4 is 16.9 Å². The lowest BCUT2D eigenvalue weighted by Crippen LogP contribution is -2.25. The third-order valence-corrected chi connectivity index (χ3v) is 4.40. The average Bonchev–Trinajstić information content (AvgIpc) is 3.14. The van der Waals surface area contributed by atoms with Gasteiger partial charge in [0.1, 0.15) is 11.9 Å². The molecule has 0 bridgehead atoms. The smallest absolute Gasteiger partial charge is 0.287 e. The van der Waals surface area contributed by atoms with Gasteiger partial charge in [-0.2, -0.15) is 0 Å². The van der Waals surface area contributed by atoms with Crippen molar-refractivity contribution in [3.63, 3.8) is 0 Å². The average molecular weight is 326 g/mol. The molecule has 6 heteroatoms. The van der Waals surface area contributed by atoms with Gasteiger partial charge in [-0.05, 0) is 38.3 Å². The Morgan fingerprint density at radius 1 is 1.25 bits per heavy atom.